The molecule has 160 valence electrons. The molecule has 1 aliphatic rings. The van der Waals surface area contributed by atoms with Gasteiger partial charge < -0.3 is 4.74 Å². The van der Waals surface area contributed by atoms with Crippen LogP contribution in [0.15, 0.2) is 77.7 Å². The highest BCUT2D eigenvalue weighted by atomic mass is 35.5. The van der Waals surface area contributed by atoms with Gasteiger partial charge in [-0.25, -0.2) is 9.18 Å². The molecule has 0 radical (unpaired) electrons. The maximum Gasteiger partial charge on any atom is 0.343 e. The van der Waals surface area contributed by atoms with Gasteiger partial charge in [-0.15, -0.1) is 0 Å². The number of halogens is 2. The van der Waals surface area contributed by atoms with E-state index < -0.39 is 22.9 Å². The SMILES string of the molecule is O=C(Oc1ccccc1/C=C1\SC(=O)N(Cc2ccc(F)cc2)C1=O)c1ccc(Cl)cc1. The van der Waals surface area contributed by atoms with E-state index in [1.807, 2.05) is 0 Å². The minimum Gasteiger partial charge on any atom is -0.422 e. The number of esters is 1. The first-order chi connectivity index (χ1) is 15.4. The molecule has 5 nitrogen and oxygen atoms in total. The van der Waals surface area contributed by atoms with Gasteiger partial charge in [0.1, 0.15) is 11.6 Å². The Morgan fingerprint density at radius 3 is 2.41 bits per heavy atom. The fraction of sp³-hybridized carbons (Fsp3) is 0.0417. The molecule has 0 aliphatic carbocycles. The van der Waals surface area contributed by atoms with Crippen LogP contribution in [0.1, 0.15) is 21.5 Å². The molecule has 0 saturated carbocycles. The average molecular weight is 468 g/mol. The second-order valence-electron chi connectivity index (χ2n) is 6.83. The molecule has 3 aromatic rings. The summed E-state index contributed by atoms with van der Waals surface area (Å²) in [5, 5.41) is 0.0690. The van der Waals surface area contributed by atoms with E-state index in [1.165, 1.54) is 30.3 Å². The van der Waals surface area contributed by atoms with Crippen molar-refractivity contribution in [3.05, 3.63) is 105 Å². The summed E-state index contributed by atoms with van der Waals surface area (Å²) >= 11 is 6.64. The molecule has 0 bridgehead atoms. The van der Waals surface area contributed by atoms with Crippen molar-refractivity contribution in [1.82, 2.24) is 4.90 Å². The van der Waals surface area contributed by atoms with E-state index in [0.717, 1.165) is 16.7 Å². The smallest absolute Gasteiger partial charge is 0.343 e. The highest BCUT2D eigenvalue weighted by molar-refractivity contribution is 8.18. The summed E-state index contributed by atoms with van der Waals surface area (Å²) in [5.41, 5.74) is 1.43. The lowest BCUT2D eigenvalue weighted by atomic mass is 10.1. The van der Waals surface area contributed by atoms with E-state index in [1.54, 1.807) is 48.5 Å². The highest BCUT2D eigenvalue weighted by Gasteiger charge is 2.35. The number of thioether (sulfide) groups is 1. The molecule has 1 heterocycles. The van der Waals surface area contributed by atoms with Crippen LogP contribution < -0.4 is 4.74 Å². The van der Waals surface area contributed by atoms with Crippen LogP contribution >= 0.6 is 23.4 Å². The highest BCUT2D eigenvalue weighted by Crippen LogP contribution is 2.35. The second-order valence-corrected chi connectivity index (χ2v) is 8.26. The zero-order valence-electron chi connectivity index (χ0n) is 16.5. The first kappa shape index (κ1) is 21.8. The fourth-order valence-electron chi connectivity index (χ4n) is 2.99. The van der Waals surface area contributed by atoms with E-state index in [-0.39, 0.29) is 17.2 Å². The third-order valence-corrected chi connectivity index (χ3v) is 5.78. The Labute approximate surface area is 192 Å². The monoisotopic (exact) mass is 467 g/mol. The lowest BCUT2D eigenvalue weighted by molar-refractivity contribution is -0.123. The summed E-state index contributed by atoms with van der Waals surface area (Å²) in [6, 6.07) is 18.6. The Bertz CT molecular complexity index is 1230. The van der Waals surface area contributed by atoms with Gasteiger partial charge in [0.05, 0.1) is 17.0 Å². The topological polar surface area (TPSA) is 63.7 Å². The van der Waals surface area contributed by atoms with Gasteiger partial charge in [0, 0.05) is 10.6 Å². The van der Waals surface area contributed by atoms with Gasteiger partial charge in [-0.1, -0.05) is 41.9 Å². The molecule has 0 aromatic heterocycles. The van der Waals surface area contributed by atoms with Crippen molar-refractivity contribution in [2.45, 2.75) is 6.54 Å². The molecular weight excluding hydrogens is 453 g/mol. The van der Waals surface area contributed by atoms with Crippen LogP contribution in [0.25, 0.3) is 6.08 Å². The zero-order chi connectivity index (χ0) is 22.7. The predicted molar refractivity (Wildman–Crippen MR) is 121 cm³/mol. The molecule has 32 heavy (non-hydrogen) atoms. The molecule has 0 atom stereocenters. The maximum absolute atomic E-state index is 13.1. The van der Waals surface area contributed by atoms with Gasteiger partial charge in [0.15, 0.2) is 0 Å². The summed E-state index contributed by atoms with van der Waals surface area (Å²) < 4.78 is 18.6. The Morgan fingerprint density at radius 2 is 1.69 bits per heavy atom. The lowest BCUT2D eigenvalue weighted by Crippen LogP contribution is -2.27. The van der Waals surface area contributed by atoms with Crippen LogP contribution in [0.5, 0.6) is 5.75 Å². The van der Waals surface area contributed by atoms with Crippen LogP contribution in [-0.2, 0) is 11.3 Å². The Balaban J connectivity index is 1.54. The molecule has 0 N–H and O–H groups in total. The van der Waals surface area contributed by atoms with Crippen LogP contribution in [0, 0.1) is 5.82 Å². The van der Waals surface area contributed by atoms with Crippen LogP contribution in [0.3, 0.4) is 0 Å². The van der Waals surface area contributed by atoms with Gasteiger partial charge in [-0.3, -0.25) is 14.5 Å². The third kappa shape index (κ3) is 4.90. The molecular formula is C24H15ClFNO4S. The lowest BCUT2D eigenvalue weighted by Gasteiger charge is -2.12. The van der Waals surface area contributed by atoms with E-state index in [2.05, 4.69) is 0 Å². The van der Waals surface area contributed by atoms with Gasteiger partial charge in [-0.05, 0) is 65.9 Å². The quantitative estimate of drug-likeness (QED) is 0.264. The number of benzene rings is 3. The molecule has 8 heteroatoms. The number of carbonyl (C=O) groups is 3. The molecule has 4 rings (SSSR count). The van der Waals surface area contributed by atoms with E-state index >= 15 is 0 Å². The molecule has 0 spiro atoms. The largest absolute Gasteiger partial charge is 0.422 e. The van der Waals surface area contributed by atoms with Crippen molar-refractivity contribution in [3.63, 3.8) is 0 Å². The number of hydrogen-bond acceptors (Lipinski definition) is 5. The first-order valence-corrected chi connectivity index (χ1v) is 10.7. The molecule has 3 aromatic carbocycles. The summed E-state index contributed by atoms with van der Waals surface area (Å²) in [7, 11) is 0. The van der Waals surface area contributed by atoms with Gasteiger partial charge in [-0.2, -0.15) is 0 Å². The van der Waals surface area contributed by atoms with Crippen LogP contribution in [0.4, 0.5) is 9.18 Å². The number of amides is 2. The Morgan fingerprint density at radius 1 is 1.00 bits per heavy atom. The number of para-hydroxylation sites is 1. The predicted octanol–water partition coefficient (Wildman–Crippen LogP) is 5.93. The fourth-order valence-corrected chi connectivity index (χ4v) is 3.94. The zero-order valence-corrected chi connectivity index (χ0v) is 18.0. The molecule has 1 saturated heterocycles. The van der Waals surface area contributed by atoms with Gasteiger partial charge in [0.25, 0.3) is 11.1 Å². The van der Waals surface area contributed by atoms with Crippen molar-refractivity contribution < 1.29 is 23.5 Å². The number of carbonyl (C=O) groups excluding carboxylic acids is 3. The number of nitrogens with zero attached hydrogens (tertiary/aromatic N) is 1. The van der Waals surface area contributed by atoms with Gasteiger partial charge in [0.2, 0.25) is 0 Å². The summed E-state index contributed by atoms with van der Waals surface area (Å²) in [6.07, 6.45) is 1.51. The van der Waals surface area contributed by atoms with Crippen molar-refractivity contribution in [3.8, 4) is 5.75 Å². The Kier molecular flexibility index (Phi) is 6.39. The van der Waals surface area contributed by atoms with Crippen molar-refractivity contribution in [2.24, 2.45) is 0 Å². The van der Waals surface area contributed by atoms with Crippen molar-refractivity contribution in [2.75, 3.05) is 0 Å². The van der Waals surface area contributed by atoms with Gasteiger partial charge >= 0.3 is 5.97 Å². The van der Waals surface area contributed by atoms with Crippen LogP contribution in [0.2, 0.25) is 5.02 Å². The van der Waals surface area contributed by atoms with E-state index in [4.69, 9.17) is 16.3 Å². The Hall–Kier alpha value is -3.42. The maximum atomic E-state index is 13.1. The normalized spacial score (nSPS) is 14.8. The molecule has 1 aliphatic heterocycles. The van der Waals surface area contributed by atoms with Crippen molar-refractivity contribution >= 4 is 46.6 Å². The molecule has 1 fully saturated rings. The number of ether oxygens (including phenoxy) is 1. The summed E-state index contributed by atoms with van der Waals surface area (Å²) in [5.74, 6) is -1.19. The summed E-state index contributed by atoms with van der Waals surface area (Å²) in [4.78, 5) is 38.9. The molecule has 0 unspecified atom stereocenters. The second kappa shape index (κ2) is 9.38. The minimum atomic E-state index is -0.577. The van der Waals surface area contributed by atoms with E-state index in [0.29, 0.717) is 21.7 Å². The average Bonchev–Trinajstić information content (AvgIpc) is 3.04. The standard InChI is InChI=1S/C24H15ClFNO4S/c25-18-9-7-16(8-10-18)23(29)31-20-4-2-1-3-17(20)13-21-22(28)27(24(30)32-21)14-15-5-11-19(26)12-6-15/h1-13H,14H2/b21-13-. The number of hydrogen-bond donors (Lipinski definition) is 0. The number of rotatable bonds is 5. The summed E-state index contributed by atoms with van der Waals surface area (Å²) in [6.45, 7) is 0.0372. The van der Waals surface area contributed by atoms with Crippen molar-refractivity contribution in [1.29, 1.82) is 0 Å². The molecule has 2 amide bonds. The first-order valence-electron chi connectivity index (χ1n) is 9.47. The number of imide groups is 1. The van der Waals surface area contributed by atoms with Crippen LogP contribution in [-0.4, -0.2) is 22.0 Å². The minimum absolute atomic E-state index is 0.0372. The van der Waals surface area contributed by atoms with E-state index in [9.17, 15) is 18.8 Å². The third-order valence-electron chi connectivity index (χ3n) is 4.62.